The number of fused-ring (bicyclic) bond motifs is 1. The largest absolute Gasteiger partial charge is 0.306 e. The van der Waals surface area contributed by atoms with Crippen molar-refractivity contribution in [3.8, 4) is 0 Å². The van der Waals surface area contributed by atoms with Crippen molar-refractivity contribution >= 4 is 21.6 Å². The molecule has 0 N–H and O–H groups in total. The van der Waals surface area contributed by atoms with Crippen molar-refractivity contribution in [3.63, 3.8) is 0 Å². The lowest BCUT2D eigenvalue weighted by atomic mass is 10.1. The Morgan fingerprint density at radius 1 is 1.06 bits per heavy atom. The quantitative estimate of drug-likeness (QED) is 0.703. The molecule has 90 valence electrons. The van der Waals surface area contributed by atoms with Crippen LogP contribution >= 0.6 is 15.9 Å². The SMILES string of the molecule is Fc1ccc(Cc2cn3cc(Br)ccc3n2)cc1. The van der Waals surface area contributed by atoms with E-state index in [4.69, 9.17) is 0 Å². The fraction of sp³-hybridized carbons (Fsp3) is 0.0714. The molecule has 0 spiro atoms. The maximum atomic E-state index is 12.8. The third-order valence-electron chi connectivity index (χ3n) is 2.76. The molecule has 18 heavy (non-hydrogen) atoms. The Morgan fingerprint density at radius 3 is 2.61 bits per heavy atom. The van der Waals surface area contributed by atoms with E-state index >= 15 is 0 Å². The Hall–Kier alpha value is -1.68. The summed E-state index contributed by atoms with van der Waals surface area (Å²) in [5.41, 5.74) is 2.94. The molecular formula is C14H10BrFN2. The van der Waals surface area contributed by atoms with Crippen molar-refractivity contribution in [1.82, 2.24) is 9.38 Å². The molecule has 0 aliphatic heterocycles. The van der Waals surface area contributed by atoms with Gasteiger partial charge in [0.1, 0.15) is 11.5 Å². The highest BCUT2D eigenvalue weighted by atomic mass is 79.9. The first-order valence-corrected chi connectivity index (χ1v) is 6.37. The molecule has 4 heteroatoms. The van der Waals surface area contributed by atoms with Gasteiger partial charge < -0.3 is 4.40 Å². The smallest absolute Gasteiger partial charge is 0.137 e. The molecule has 1 aromatic carbocycles. The number of pyridine rings is 1. The third kappa shape index (κ3) is 2.29. The predicted octanol–water partition coefficient (Wildman–Crippen LogP) is 3.83. The van der Waals surface area contributed by atoms with E-state index < -0.39 is 0 Å². The molecular weight excluding hydrogens is 295 g/mol. The van der Waals surface area contributed by atoms with Crippen LogP contribution in [0.15, 0.2) is 53.3 Å². The number of hydrogen-bond donors (Lipinski definition) is 0. The van der Waals surface area contributed by atoms with Gasteiger partial charge in [-0.05, 0) is 45.8 Å². The van der Waals surface area contributed by atoms with Gasteiger partial charge in [-0.2, -0.15) is 0 Å². The Labute approximate surface area is 112 Å². The molecule has 0 amide bonds. The number of rotatable bonds is 2. The van der Waals surface area contributed by atoms with Crippen molar-refractivity contribution < 1.29 is 4.39 Å². The monoisotopic (exact) mass is 304 g/mol. The van der Waals surface area contributed by atoms with Crippen molar-refractivity contribution in [2.75, 3.05) is 0 Å². The topological polar surface area (TPSA) is 17.3 Å². The Kier molecular flexibility index (Phi) is 2.88. The number of aromatic nitrogens is 2. The van der Waals surface area contributed by atoms with Crippen LogP contribution in [0.25, 0.3) is 5.65 Å². The second-order valence-electron chi connectivity index (χ2n) is 4.15. The minimum absolute atomic E-state index is 0.210. The fourth-order valence-electron chi connectivity index (χ4n) is 1.91. The first-order chi connectivity index (χ1) is 8.70. The second-order valence-corrected chi connectivity index (χ2v) is 5.06. The molecule has 0 saturated carbocycles. The molecule has 3 aromatic rings. The second kappa shape index (κ2) is 4.53. The zero-order valence-corrected chi connectivity index (χ0v) is 11.1. The fourth-order valence-corrected chi connectivity index (χ4v) is 2.27. The number of benzene rings is 1. The van der Waals surface area contributed by atoms with Gasteiger partial charge in [0.15, 0.2) is 0 Å². The molecule has 2 nitrogen and oxygen atoms in total. The van der Waals surface area contributed by atoms with Crippen molar-refractivity contribution in [3.05, 3.63) is 70.3 Å². The molecule has 2 aromatic heterocycles. The van der Waals surface area contributed by atoms with Crippen molar-refractivity contribution in [2.45, 2.75) is 6.42 Å². The highest BCUT2D eigenvalue weighted by molar-refractivity contribution is 9.10. The molecule has 3 rings (SSSR count). The van der Waals surface area contributed by atoms with Gasteiger partial charge in [0.2, 0.25) is 0 Å². The molecule has 0 aliphatic carbocycles. The molecule has 0 bridgehead atoms. The molecule has 0 unspecified atom stereocenters. The zero-order chi connectivity index (χ0) is 12.5. The van der Waals surface area contributed by atoms with Crippen LogP contribution in [0.1, 0.15) is 11.3 Å². The summed E-state index contributed by atoms with van der Waals surface area (Å²) in [7, 11) is 0. The number of halogens is 2. The summed E-state index contributed by atoms with van der Waals surface area (Å²) < 4.78 is 15.8. The van der Waals surface area contributed by atoms with Gasteiger partial charge >= 0.3 is 0 Å². The average molecular weight is 305 g/mol. The standard InChI is InChI=1S/C14H10BrFN2/c15-11-3-6-14-17-13(9-18(14)8-11)7-10-1-4-12(16)5-2-10/h1-6,8-9H,7H2. The van der Waals surface area contributed by atoms with E-state index in [1.54, 1.807) is 12.1 Å². The van der Waals surface area contributed by atoms with E-state index in [0.717, 1.165) is 21.4 Å². The number of imidazole rings is 1. The zero-order valence-electron chi connectivity index (χ0n) is 9.48. The van der Waals surface area contributed by atoms with E-state index in [2.05, 4.69) is 20.9 Å². The summed E-state index contributed by atoms with van der Waals surface area (Å²) in [4.78, 5) is 4.52. The van der Waals surface area contributed by atoms with Gasteiger partial charge in [0.05, 0.1) is 5.69 Å². The highest BCUT2D eigenvalue weighted by Crippen LogP contribution is 2.15. The minimum Gasteiger partial charge on any atom is -0.306 e. The molecule has 0 atom stereocenters. The van der Waals surface area contributed by atoms with Crippen LogP contribution in [0.2, 0.25) is 0 Å². The summed E-state index contributed by atoms with van der Waals surface area (Å²) in [6.07, 6.45) is 4.67. The van der Waals surface area contributed by atoms with Crippen molar-refractivity contribution in [1.29, 1.82) is 0 Å². The van der Waals surface area contributed by atoms with Gasteiger partial charge in [0.25, 0.3) is 0 Å². The lowest BCUT2D eigenvalue weighted by molar-refractivity contribution is 0.627. The summed E-state index contributed by atoms with van der Waals surface area (Å²) in [5, 5.41) is 0. The van der Waals surface area contributed by atoms with Crippen LogP contribution in [-0.4, -0.2) is 9.38 Å². The molecule has 2 heterocycles. The van der Waals surface area contributed by atoms with Crippen LogP contribution in [0.3, 0.4) is 0 Å². The maximum absolute atomic E-state index is 12.8. The maximum Gasteiger partial charge on any atom is 0.137 e. The first-order valence-electron chi connectivity index (χ1n) is 5.58. The summed E-state index contributed by atoms with van der Waals surface area (Å²) in [5.74, 6) is -0.210. The van der Waals surface area contributed by atoms with E-state index in [1.165, 1.54) is 12.1 Å². The van der Waals surface area contributed by atoms with Crippen LogP contribution < -0.4 is 0 Å². The van der Waals surface area contributed by atoms with E-state index in [9.17, 15) is 4.39 Å². The lowest BCUT2D eigenvalue weighted by Gasteiger charge is -1.96. The predicted molar refractivity (Wildman–Crippen MR) is 72.1 cm³/mol. The highest BCUT2D eigenvalue weighted by Gasteiger charge is 2.03. The summed E-state index contributed by atoms with van der Waals surface area (Å²) in [6, 6.07) is 10.4. The molecule has 0 radical (unpaired) electrons. The van der Waals surface area contributed by atoms with Gasteiger partial charge in [-0.1, -0.05) is 12.1 Å². The third-order valence-corrected chi connectivity index (χ3v) is 3.23. The minimum atomic E-state index is -0.210. The van der Waals surface area contributed by atoms with Crippen LogP contribution in [-0.2, 0) is 6.42 Å². The number of hydrogen-bond acceptors (Lipinski definition) is 1. The van der Waals surface area contributed by atoms with Crippen LogP contribution in [0, 0.1) is 5.82 Å². The van der Waals surface area contributed by atoms with Gasteiger partial charge in [0, 0.05) is 23.3 Å². The molecule has 0 fully saturated rings. The first kappa shape index (κ1) is 11.4. The Morgan fingerprint density at radius 2 is 1.83 bits per heavy atom. The van der Waals surface area contributed by atoms with Gasteiger partial charge in [-0.3, -0.25) is 0 Å². The normalized spacial score (nSPS) is 11.0. The van der Waals surface area contributed by atoms with E-state index in [1.807, 2.05) is 28.9 Å². The van der Waals surface area contributed by atoms with Gasteiger partial charge in [-0.15, -0.1) is 0 Å². The van der Waals surface area contributed by atoms with E-state index in [0.29, 0.717) is 6.42 Å². The van der Waals surface area contributed by atoms with Gasteiger partial charge in [-0.25, -0.2) is 9.37 Å². The Balaban J connectivity index is 1.92. The lowest BCUT2D eigenvalue weighted by Crippen LogP contribution is -1.88. The van der Waals surface area contributed by atoms with E-state index in [-0.39, 0.29) is 5.82 Å². The van der Waals surface area contributed by atoms with Crippen molar-refractivity contribution in [2.24, 2.45) is 0 Å². The summed E-state index contributed by atoms with van der Waals surface area (Å²) in [6.45, 7) is 0. The van der Waals surface area contributed by atoms with Crippen LogP contribution in [0.5, 0.6) is 0 Å². The Bertz CT molecular complexity index is 689. The number of nitrogens with zero attached hydrogens (tertiary/aromatic N) is 2. The molecule has 0 saturated heterocycles. The molecule has 0 aliphatic rings. The average Bonchev–Trinajstić information content (AvgIpc) is 2.73. The van der Waals surface area contributed by atoms with Crippen LogP contribution in [0.4, 0.5) is 4.39 Å². The summed E-state index contributed by atoms with van der Waals surface area (Å²) >= 11 is 3.43.